The summed E-state index contributed by atoms with van der Waals surface area (Å²) in [6.45, 7) is 1.31. The predicted molar refractivity (Wildman–Crippen MR) is 159 cm³/mol. The Morgan fingerprint density at radius 2 is 0.913 bits per heavy atom. The van der Waals surface area contributed by atoms with E-state index in [1.807, 2.05) is 0 Å². The van der Waals surface area contributed by atoms with E-state index in [2.05, 4.69) is 21.3 Å². The molecule has 0 bridgehead atoms. The summed E-state index contributed by atoms with van der Waals surface area (Å²) >= 11 is 0. The molecule has 0 aromatic carbocycles. The molecule has 20 nitrogen and oxygen atoms in total. The lowest BCUT2D eigenvalue weighted by molar-refractivity contribution is -0.145. The van der Waals surface area contributed by atoms with Crippen LogP contribution in [0.2, 0.25) is 0 Å². The number of aliphatic carboxylic acids is 4. The number of nitrogens with two attached hydrogens (primary N) is 1. The number of carboxylic acid groups (broad SMARTS) is 4. The molecular weight excluding hydrogens is 616 g/mol. The molecule has 0 radical (unpaired) electrons. The van der Waals surface area contributed by atoms with Crippen LogP contribution >= 0.6 is 0 Å². The number of amides is 4. The van der Waals surface area contributed by atoms with Crippen molar-refractivity contribution in [3.8, 4) is 0 Å². The second kappa shape index (κ2) is 23.0. The van der Waals surface area contributed by atoms with E-state index in [1.54, 1.807) is 18.9 Å². The topological polar surface area (TPSA) is 301 Å². The Labute approximate surface area is 265 Å². The minimum atomic E-state index is -1.73. The molecule has 0 fully saturated rings. The monoisotopic (exact) mass is 662 g/mol. The fraction of sp³-hybridized carbons (Fsp3) is 0.692. The molecule has 2 atom stereocenters. The maximum absolute atomic E-state index is 12.5. The zero-order chi connectivity index (χ0) is 35.2. The van der Waals surface area contributed by atoms with Crippen LogP contribution in [0, 0.1) is 0 Å². The van der Waals surface area contributed by atoms with Gasteiger partial charge in [-0.05, 0) is 13.5 Å². The summed E-state index contributed by atoms with van der Waals surface area (Å²) < 4.78 is 0. The summed E-state index contributed by atoms with van der Waals surface area (Å²) in [4.78, 5) is 98.7. The van der Waals surface area contributed by atoms with Gasteiger partial charge in [0.15, 0.2) is 0 Å². The van der Waals surface area contributed by atoms with Crippen LogP contribution in [0.15, 0.2) is 0 Å². The van der Waals surface area contributed by atoms with E-state index >= 15 is 0 Å². The largest absolute Gasteiger partial charge is 0.480 e. The van der Waals surface area contributed by atoms with Crippen LogP contribution in [0.5, 0.6) is 0 Å². The maximum atomic E-state index is 12.5. The highest BCUT2D eigenvalue weighted by atomic mass is 16.4. The van der Waals surface area contributed by atoms with E-state index in [4.69, 9.17) is 5.73 Å². The van der Waals surface area contributed by atoms with Crippen molar-refractivity contribution in [2.75, 3.05) is 66.0 Å². The Balaban J connectivity index is 5.12. The van der Waals surface area contributed by atoms with E-state index in [0.29, 0.717) is 26.1 Å². The first-order valence-corrected chi connectivity index (χ1v) is 14.5. The third-order valence-corrected chi connectivity index (χ3v) is 6.18. The van der Waals surface area contributed by atoms with Gasteiger partial charge in [0.1, 0.15) is 0 Å². The molecule has 0 spiro atoms. The third-order valence-electron chi connectivity index (χ3n) is 6.18. The molecule has 0 aliphatic heterocycles. The van der Waals surface area contributed by atoms with Crippen molar-refractivity contribution in [1.82, 2.24) is 36.0 Å². The summed E-state index contributed by atoms with van der Waals surface area (Å²) in [5, 5.41) is 45.9. The van der Waals surface area contributed by atoms with E-state index in [1.165, 1.54) is 9.80 Å². The number of rotatable bonds is 26. The van der Waals surface area contributed by atoms with Crippen molar-refractivity contribution in [3.05, 3.63) is 0 Å². The fourth-order valence-electron chi connectivity index (χ4n) is 3.83. The van der Waals surface area contributed by atoms with Crippen molar-refractivity contribution in [1.29, 1.82) is 0 Å². The van der Waals surface area contributed by atoms with E-state index in [0.717, 1.165) is 0 Å². The van der Waals surface area contributed by atoms with Gasteiger partial charge in [-0.1, -0.05) is 6.92 Å². The lowest BCUT2D eigenvalue weighted by Crippen LogP contribution is -2.53. The highest BCUT2D eigenvalue weighted by molar-refractivity contribution is 5.88. The summed E-state index contributed by atoms with van der Waals surface area (Å²) in [6, 6.07) is 0. The molecule has 4 amide bonds. The molecule has 46 heavy (non-hydrogen) atoms. The molecule has 0 aliphatic carbocycles. The number of carboxylic acids is 4. The number of hydrogen-bond donors (Lipinski definition) is 9. The molecule has 2 unspecified atom stereocenters. The van der Waals surface area contributed by atoms with Gasteiger partial charge in [0.05, 0.1) is 13.1 Å². The van der Waals surface area contributed by atoms with Crippen molar-refractivity contribution >= 4 is 47.5 Å². The first-order chi connectivity index (χ1) is 21.6. The van der Waals surface area contributed by atoms with Gasteiger partial charge in [-0.2, -0.15) is 0 Å². The van der Waals surface area contributed by atoms with Gasteiger partial charge in [0.25, 0.3) is 0 Å². The van der Waals surface area contributed by atoms with E-state index in [9.17, 15) is 58.8 Å². The molecule has 0 aromatic rings. The van der Waals surface area contributed by atoms with Crippen molar-refractivity contribution < 1.29 is 58.8 Å². The van der Waals surface area contributed by atoms with Crippen LogP contribution in [-0.4, -0.2) is 161 Å². The van der Waals surface area contributed by atoms with Gasteiger partial charge in [0, 0.05) is 71.5 Å². The Kier molecular flexibility index (Phi) is 20.8. The molecule has 262 valence electrons. The average Bonchev–Trinajstić information content (AvgIpc) is 2.94. The van der Waals surface area contributed by atoms with Gasteiger partial charge in [-0.25, -0.2) is 9.59 Å². The molecule has 0 aromatic heterocycles. The van der Waals surface area contributed by atoms with Gasteiger partial charge >= 0.3 is 23.9 Å². The summed E-state index contributed by atoms with van der Waals surface area (Å²) in [6.07, 6.45) is -3.69. The second-order valence-electron chi connectivity index (χ2n) is 10.2. The lowest BCUT2D eigenvalue weighted by Gasteiger charge is -2.26. The zero-order valence-corrected chi connectivity index (χ0v) is 26.0. The van der Waals surface area contributed by atoms with Gasteiger partial charge in [-0.3, -0.25) is 38.6 Å². The summed E-state index contributed by atoms with van der Waals surface area (Å²) in [5.74, 6) is -8.35. The van der Waals surface area contributed by atoms with Gasteiger partial charge in [-0.15, -0.1) is 0 Å². The molecule has 20 heteroatoms. The number of nitrogens with one attached hydrogen (secondary N) is 4. The van der Waals surface area contributed by atoms with Crippen molar-refractivity contribution in [2.45, 2.75) is 51.4 Å². The minimum Gasteiger partial charge on any atom is -0.480 e. The minimum absolute atomic E-state index is 0.0468. The molecule has 0 rings (SSSR count). The summed E-state index contributed by atoms with van der Waals surface area (Å²) in [7, 11) is 1.73. The van der Waals surface area contributed by atoms with Crippen LogP contribution in [0.3, 0.4) is 0 Å². The highest BCUT2D eigenvalue weighted by Crippen LogP contribution is 1.99. The smallest absolute Gasteiger partial charge is 0.347 e. The molecule has 0 heterocycles. The Morgan fingerprint density at radius 3 is 1.22 bits per heavy atom. The molecule has 0 saturated carbocycles. The molecule has 0 aliphatic rings. The highest BCUT2D eigenvalue weighted by Gasteiger charge is 2.24. The normalized spacial score (nSPS) is 12.3. The standard InChI is InChI=1S/C26H46N8O12/c1-3-4-17(35)28-23(25(43)44)30-19(37)6-10-33(15-21(39)40)13-14-34(16-22(41)42)11-7-20(38)31-24(26(45)46)29-18(36)5-9-32(2)12-8-27/h23-24H,3-16,27H2,1-2H3,(H,28,35)(H,29,36)(H,30,37)(H,31,38)(H,39,40)(H,41,42)(H,43,44)(H,45,46). The molecule has 0 saturated heterocycles. The van der Waals surface area contributed by atoms with Crippen LogP contribution in [0.25, 0.3) is 0 Å². The van der Waals surface area contributed by atoms with Crippen LogP contribution < -0.4 is 27.0 Å². The van der Waals surface area contributed by atoms with Crippen LogP contribution in [-0.2, 0) is 38.4 Å². The summed E-state index contributed by atoms with van der Waals surface area (Å²) in [5.41, 5.74) is 5.44. The number of carbonyl (C=O) groups excluding carboxylic acids is 4. The number of likely N-dealkylation sites (N-methyl/N-ethyl adjacent to an activating group) is 1. The Bertz CT molecular complexity index is 1060. The molecule has 10 N–H and O–H groups in total. The van der Waals surface area contributed by atoms with E-state index in [-0.39, 0.29) is 51.9 Å². The zero-order valence-electron chi connectivity index (χ0n) is 26.0. The fourth-order valence-corrected chi connectivity index (χ4v) is 3.83. The lowest BCUT2D eigenvalue weighted by atomic mass is 10.3. The first-order valence-electron chi connectivity index (χ1n) is 14.5. The van der Waals surface area contributed by atoms with Crippen LogP contribution in [0.1, 0.15) is 39.0 Å². The maximum Gasteiger partial charge on any atom is 0.347 e. The quantitative estimate of drug-likeness (QED) is 0.0398. The van der Waals surface area contributed by atoms with E-state index < -0.39 is 72.9 Å². The SMILES string of the molecule is CCCC(=O)NC(NC(=O)CCN(CCN(CCC(=O)NC(NC(=O)CCN(C)CCN)C(=O)O)CC(=O)O)CC(=O)O)C(=O)O. The van der Waals surface area contributed by atoms with Crippen molar-refractivity contribution in [3.63, 3.8) is 0 Å². The second-order valence-corrected chi connectivity index (χ2v) is 10.2. The predicted octanol–water partition coefficient (Wildman–Crippen LogP) is -4.09. The average molecular weight is 663 g/mol. The van der Waals surface area contributed by atoms with Gasteiger partial charge in [0.2, 0.25) is 36.0 Å². The Hall–Kier alpha value is -4.40. The number of carbonyl (C=O) groups is 8. The number of nitrogens with zero attached hydrogens (tertiary/aromatic N) is 3. The van der Waals surface area contributed by atoms with Gasteiger partial charge < -0.3 is 52.3 Å². The van der Waals surface area contributed by atoms with Crippen LogP contribution in [0.4, 0.5) is 0 Å². The molecular formula is C26H46N8O12. The first kappa shape index (κ1) is 41.6. The van der Waals surface area contributed by atoms with Crippen molar-refractivity contribution in [2.24, 2.45) is 5.73 Å². The third kappa shape index (κ3) is 20.5. The number of hydrogen-bond acceptors (Lipinski definition) is 12. The Morgan fingerprint density at radius 1 is 0.565 bits per heavy atom.